The van der Waals surface area contributed by atoms with Gasteiger partial charge < -0.3 is 5.11 Å². The van der Waals surface area contributed by atoms with Gasteiger partial charge >= 0.3 is 0 Å². The fourth-order valence-electron chi connectivity index (χ4n) is 0.696. The molecule has 1 aromatic rings. The van der Waals surface area contributed by atoms with E-state index in [1.54, 1.807) is 0 Å². The third-order valence-corrected chi connectivity index (χ3v) is 1.27. The number of rotatable bonds is 2. The van der Waals surface area contributed by atoms with Crippen molar-refractivity contribution in [2.45, 2.75) is 0 Å². The van der Waals surface area contributed by atoms with Gasteiger partial charge in [-0.2, -0.15) is 0 Å². The monoisotopic (exact) mass is 278 g/mol. The maximum Gasteiger partial charge on any atom is 0.290 e. The molecule has 16 heavy (non-hydrogen) atoms. The van der Waals surface area contributed by atoms with Crippen LogP contribution in [-0.2, 0) is 24.3 Å². The van der Waals surface area contributed by atoms with Gasteiger partial charge in [0, 0.05) is 43.7 Å². The Morgan fingerprint density at radius 3 is 1.31 bits per heavy atom. The van der Waals surface area contributed by atoms with Crippen LogP contribution >= 0.6 is 0 Å². The molecule has 0 unspecified atom stereocenters. The van der Waals surface area contributed by atoms with Gasteiger partial charge in [0.25, 0.3) is 17.8 Å². The van der Waals surface area contributed by atoms with Gasteiger partial charge in [-0.3, -0.25) is 25.0 Å². The van der Waals surface area contributed by atoms with E-state index in [9.17, 15) is 20.2 Å². The Labute approximate surface area is 102 Å². The predicted molar refractivity (Wildman–Crippen MR) is 48.4 cm³/mol. The van der Waals surface area contributed by atoms with Crippen LogP contribution in [0, 0.1) is 20.2 Å². The normalized spacial score (nSPS) is 7.75. The first-order valence-electron chi connectivity index (χ1n) is 3.49. The molecule has 0 amide bonds. The smallest absolute Gasteiger partial charge is 0.290 e. The van der Waals surface area contributed by atoms with E-state index in [-0.39, 0.29) is 37.3 Å². The van der Waals surface area contributed by atoms with Crippen LogP contribution < -0.4 is 0 Å². The van der Waals surface area contributed by atoms with Crippen LogP contribution in [0.25, 0.3) is 0 Å². The van der Waals surface area contributed by atoms with Crippen molar-refractivity contribution in [3.63, 3.8) is 0 Å². The molecule has 1 rings (SSSR count). The second kappa shape index (κ2) is 8.42. The first kappa shape index (κ1) is 16.5. The van der Waals surface area contributed by atoms with Crippen molar-refractivity contribution >= 4 is 17.8 Å². The van der Waals surface area contributed by atoms with E-state index in [4.69, 9.17) is 9.90 Å². The molecule has 8 nitrogen and oxygen atoms in total. The summed E-state index contributed by atoms with van der Waals surface area (Å²) in [5.41, 5.74) is -0.304. The summed E-state index contributed by atoms with van der Waals surface area (Å²) >= 11 is 0. The maximum absolute atomic E-state index is 10.1. The molecule has 0 aliphatic rings. The van der Waals surface area contributed by atoms with E-state index >= 15 is 0 Å². The van der Waals surface area contributed by atoms with Crippen molar-refractivity contribution in [2.24, 2.45) is 0 Å². The van der Waals surface area contributed by atoms with Crippen LogP contribution in [0.5, 0.6) is 0 Å². The number of carboxylic acid groups (broad SMARTS) is 1. The molecule has 82 valence electrons. The van der Waals surface area contributed by atoms with E-state index in [1.807, 2.05) is 0 Å². The minimum Gasteiger partial charge on any atom is -0.483 e. The van der Waals surface area contributed by atoms with Gasteiger partial charge in [-0.15, -0.1) is 0 Å². The summed E-state index contributed by atoms with van der Waals surface area (Å²) in [6.45, 7) is -0.250. The third kappa shape index (κ3) is 5.76. The first-order valence-corrected chi connectivity index (χ1v) is 3.49. The Kier molecular flexibility index (Phi) is 8.71. The van der Waals surface area contributed by atoms with Crippen LogP contribution in [0.1, 0.15) is 0 Å². The van der Waals surface area contributed by atoms with Gasteiger partial charge in [-0.05, 0) is 0 Å². The second-order valence-electron chi connectivity index (χ2n) is 2.14. The van der Waals surface area contributed by atoms with Crippen LogP contribution in [0.3, 0.4) is 0 Å². The molecule has 0 heterocycles. The molecular formula is C7H6N2O6Zn. The van der Waals surface area contributed by atoms with Crippen LogP contribution in [0.2, 0.25) is 0 Å². The molecule has 0 bridgehead atoms. The van der Waals surface area contributed by atoms with Gasteiger partial charge in [-0.25, -0.2) is 0 Å². The number of nitrogens with zero attached hydrogens (tertiary/aromatic N) is 2. The number of non-ortho nitro benzene ring substituents is 2. The molecule has 0 saturated heterocycles. The van der Waals surface area contributed by atoms with Crippen LogP contribution in [0.4, 0.5) is 11.4 Å². The van der Waals surface area contributed by atoms with Crippen LogP contribution in [-0.4, -0.2) is 21.4 Å². The standard InChI is InChI=1S/C6H4N2O4.CH2O2.Zn/c9-7(10)5-1-2-6(4-3-5)8(11)12;2-1-3;/h1-4H;1H,(H,2,3);. The van der Waals surface area contributed by atoms with Crippen molar-refractivity contribution in [3.05, 3.63) is 44.5 Å². The number of benzene rings is 1. The average Bonchev–Trinajstić information content (AvgIpc) is 2.19. The van der Waals surface area contributed by atoms with E-state index in [2.05, 4.69) is 0 Å². The van der Waals surface area contributed by atoms with Crippen molar-refractivity contribution in [2.75, 3.05) is 0 Å². The molecule has 9 heteroatoms. The SMILES string of the molecule is O=CO.O=[N+]([O-])c1ccc([N+](=O)[O-])cc1.[Zn]. The average molecular weight is 280 g/mol. The molecule has 0 atom stereocenters. The maximum atomic E-state index is 10.1. The molecule has 0 aliphatic heterocycles. The minimum atomic E-state index is -0.607. The summed E-state index contributed by atoms with van der Waals surface area (Å²) in [5, 5.41) is 27.1. The van der Waals surface area contributed by atoms with Crippen molar-refractivity contribution in [1.29, 1.82) is 0 Å². The Hall–Kier alpha value is -1.89. The summed E-state index contributed by atoms with van der Waals surface area (Å²) < 4.78 is 0. The fraction of sp³-hybridized carbons (Fsp3) is 0. The van der Waals surface area contributed by atoms with Gasteiger partial charge in [0.15, 0.2) is 0 Å². The predicted octanol–water partition coefficient (Wildman–Crippen LogP) is 1.20. The zero-order valence-corrected chi connectivity index (χ0v) is 10.9. The number of hydrogen-bond donors (Lipinski definition) is 1. The summed E-state index contributed by atoms with van der Waals surface area (Å²) in [4.78, 5) is 27.4. The number of hydrogen-bond acceptors (Lipinski definition) is 5. The molecule has 0 saturated carbocycles. The van der Waals surface area contributed by atoms with Crippen LogP contribution in [0.15, 0.2) is 24.3 Å². The van der Waals surface area contributed by atoms with E-state index in [1.165, 1.54) is 0 Å². The number of nitro groups is 2. The molecule has 0 aliphatic carbocycles. The molecule has 0 radical (unpaired) electrons. The number of nitro benzene ring substituents is 2. The molecule has 0 spiro atoms. The summed E-state index contributed by atoms with van der Waals surface area (Å²) in [5.74, 6) is 0. The molecule has 0 fully saturated rings. The minimum absolute atomic E-state index is 0. The molecule has 1 aromatic carbocycles. The first-order chi connectivity index (χ1) is 7.02. The van der Waals surface area contributed by atoms with E-state index in [0.717, 1.165) is 24.3 Å². The van der Waals surface area contributed by atoms with Gasteiger partial charge in [0.05, 0.1) is 9.85 Å². The molecule has 1 N–H and O–H groups in total. The van der Waals surface area contributed by atoms with Crippen molar-refractivity contribution < 1.29 is 39.2 Å². The molecular weight excluding hydrogens is 273 g/mol. The summed E-state index contributed by atoms with van der Waals surface area (Å²) in [7, 11) is 0. The summed E-state index contributed by atoms with van der Waals surface area (Å²) in [6, 6.07) is 4.38. The summed E-state index contributed by atoms with van der Waals surface area (Å²) in [6.07, 6.45) is 0. The largest absolute Gasteiger partial charge is 0.483 e. The quantitative estimate of drug-likeness (QED) is 0.375. The molecule has 0 aromatic heterocycles. The zero-order valence-electron chi connectivity index (χ0n) is 7.98. The zero-order chi connectivity index (χ0) is 11.8. The Morgan fingerprint density at radius 1 is 1.00 bits per heavy atom. The Balaban J connectivity index is 0. The second-order valence-corrected chi connectivity index (χ2v) is 2.14. The van der Waals surface area contributed by atoms with Gasteiger partial charge in [0.1, 0.15) is 0 Å². The van der Waals surface area contributed by atoms with Gasteiger partial charge in [0.2, 0.25) is 0 Å². The Morgan fingerprint density at radius 2 is 1.19 bits per heavy atom. The van der Waals surface area contributed by atoms with Gasteiger partial charge in [-0.1, -0.05) is 0 Å². The number of carbonyl (C=O) groups is 1. The fourth-order valence-corrected chi connectivity index (χ4v) is 0.696. The van der Waals surface area contributed by atoms with Crippen molar-refractivity contribution in [3.8, 4) is 0 Å². The Bertz CT molecular complexity index is 333. The van der Waals surface area contributed by atoms with E-state index < -0.39 is 9.85 Å². The topological polar surface area (TPSA) is 124 Å². The van der Waals surface area contributed by atoms with E-state index in [0.29, 0.717) is 0 Å². The van der Waals surface area contributed by atoms with Crippen molar-refractivity contribution in [1.82, 2.24) is 0 Å². The third-order valence-electron chi connectivity index (χ3n) is 1.27.